The number of hydrogen-bond acceptors (Lipinski definition) is 2. The Bertz CT molecular complexity index is 417. The summed E-state index contributed by atoms with van der Waals surface area (Å²) in [5, 5.41) is 0. The summed E-state index contributed by atoms with van der Waals surface area (Å²) in [7, 11) is 0. The topological polar surface area (TPSA) is 29.3 Å². The Balaban J connectivity index is 2.24. The van der Waals surface area contributed by atoms with E-state index in [1.165, 1.54) is 0 Å². The van der Waals surface area contributed by atoms with Crippen LogP contribution in [0.1, 0.15) is 37.4 Å². The van der Waals surface area contributed by atoms with Gasteiger partial charge < -0.3 is 5.73 Å². The molecule has 2 unspecified atom stereocenters. The molecule has 1 aliphatic rings. The standard InChI is InChI=1S/C15H23FN2/c1-10(2)9-18-7-6-14(17)15(18)12-5-4-11(3)13(16)8-12/h4-5,8,10,14-15H,6-7,9,17H2,1-3H3. The average molecular weight is 250 g/mol. The summed E-state index contributed by atoms with van der Waals surface area (Å²) in [6.45, 7) is 8.24. The Morgan fingerprint density at radius 2 is 2.17 bits per heavy atom. The van der Waals surface area contributed by atoms with E-state index >= 15 is 0 Å². The zero-order chi connectivity index (χ0) is 13.3. The van der Waals surface area contributed by atoms with Gasteiger partial charge in [-0.1, -0.05) is 26.0 Å². The molecule has 2 atom stereocenters. The van der Waals surface area contributed by atoms with Gasteiger partial charge in [-0.15, -0.1) is 0 Å². The summed E-state index contributed by atoms with van der Waals surface area (Å²) >= 11 is 0. The van der Waals surface area contributed by atoms with E-state index in [9.17, 15) is 4.39 Å². The van der Waals surface area contributed by atoms with Crippen molar-refractivity contribution in [3.05, 3.63) is 35.1 Å². The first-order chi connectivity index (χ1) is 8.49. The molecule has 1 fully saturated rings. The number of rotatable bonds is 3. The molecule has 0 radical (unpaired) electrons. The number of likely N-dealkylation sites (tertiary alicyclic amines) is 1. The Morgan fingerprint density at radius 1 is 1.44 bits per heavy atom. The number of aryl methyl sites for hydroxylation is 1. The molecule has 2 nitrogen and oxygen atoms in total. The molecule has 0 saturated carbocycles. The largest absolute Gasteiger partial charge is 0.326 e. The van der Waals surface area contributed by atoms with Crippen molar-refractivity contribution < 1.29 is 4.39 Å². The predicted molar refractivity (Wildman–Crippen MR) is 72.9 cm³/mol. The lowest BCUT2D eigenvalue weighted by molar-refractivity contribution is 0.221. The molecular weight excluding hydrogens is 227 g/mol. The van der Waals surface area contributed by atoms with Crippen LogP contribution in [0.25, 0.3) is 0 Å². The Hall–Kier alpha value is -0.930. The molecule has 18 heavy (non-hydrogen) atoms. The average Bonchev–Trinajstić information content (AvgIpc) is 2.63. The third-order valence-electron chi connectivity index (χ3n) is 3.69. The van der Waals surface area contributed by atoms with E-state index in [0.29, 0.717) is 11.5 Å². The minimum absolute atomic E-state index is 0.117. The Labute approximate surface area is 109 Å². The van der Waals surface area contributed by atoms with Crippen LogP contribution < -0.4 is 5.73 Å². The van der Waals surface area contributed by atoms with Crippen molar-refractivity contribution >= 4 is 0 Å². The third-order valence-corrected chi connectivity index (χ3v) is 3.69. The van der Waals surface area contributed by atoms with Gasteiger partial charge in [-0.3, -0.25) is 4.90 Å². The van der Waals surface area contributed by atoms with Gasteiger partial charge in [0.2, 0.25) is 0 Å². The maximum Gasteiger partial charge on any atom is 0.126 e. The van der Waals surface area contributed by atoms with Crippen LogP contribution in [0.5, 0.6) is 0 Å². The minimum Gasteiger partial charge on any atom is -0.326 e. The first kappa shape index (κ1) is 13.5. The van der Waals surface area contributed by atoms with Gasteiger partial charge in [0, 0.05) is 19.1 Å². The fourth-order valence-corrected chi connectivity index (χ4v) is 2.81. The van der Waals surface area contributed by atoms with Gasteiger partial charge in [0.25, 0.3) is 0 Å². The number of nitrogens with two attached hydrogens (primary N) is 1. The van der Waals surface area contributed by atoms with Gasteiger partial charge in [0.05, 0.1) is 6.04 Å². The smallest absolute Gasteiger partial charge is 0.126 e. The van der Waals surface area contributed by atoms with E-state index in [1.54, 1.807) is 13.0 Å². The Kier molecular flexibility index (Phi) is 4.03. The second-order valence-corrected chi connectivity index (χ2v) is 5.79. The highest BCUT2D eigenvalue weighted by atomic mass is 19.1. The summed E-state index contributed by atoms with van der Waals surface area (Å²) in [6, 6.07) is 5.80. The Morgan fingerprint density at radius 3 is 2.78 bits per heavy atom. The van der Waals surface area contributed by atoms with Gasteiger partial charge in [-0.2, -0.15) is 0 Å². The molecule has 1 aromatic carbocycles. The maximum absolute atomic E-state index is 13.7. The van der Waals surface area contributed by atoms with Crippen LogP contribution in [0.2, 0.25) is 0 Å². The van der Waals surface area contributed by atoms with E-state index < -0.39 is 0 Å². The predicted octanol–water partition coefficient (Wildman–Crippen LogP) is 2.86. The van der Waals surface area contributed by atoms with Crippen molar-refractivity contribution in [2.24, 2.45) is 11.7 Å². The van der Waals surface area contributed by atoms with Gasteiger partial charge >= 0.3 is 0 Å². The zero-order valence-electron chi connectivity index (χ0n) is 11.5. The summed E-state index contributed by atoms with van der Waals surface area (Å²) in [5.74, 6) is 0.476. The molecule has 1 saturated heterocycles. The van der Waals surface area contributed by atoms with Crippen molar-refractivity contribution in [3.8, 4) is 0 Å². The number of hydrogen-bond donors (Lipinski definition) is 1. The van der Waals surface area contributed by atoms with Gasteiger partial charge in [0.15, 0.2) is 0 Å². The molecule has 1 aromatic rings. The SMILES string of the molecule is Cc1ccc(C2C(N)CCN2CC(C)C)cc1F. The fraction of sp³-hybridized carbons (Fsp3) is 0.600. The maximum atomic E-state index is 13.7. The van der Waals surface area contributed by atoms with Crippen LogP contribution in [0.4, 0.5) is 4.39 Å². The van der Waals surface area contributed by atoms with Crippen molar-refractivity contribution in [2.75, 3.05) is 13.1 Å². The molecule has 0 aromatic heterocycles. The second kappa shape index (κ2) is 5.37. The first-order valence-corrected chi connectivity index (χ1v) is 6.74. The van der Waals surface area contributed by atoms with Crippen LogP contribution in [0, 0.1) is 18.7 Å². The van der Waals surface area contributed by atoms with E-state index in [-0.39, 0.29) is 17.9 Å². The molecule has 0 amide bonds. The molecule has 0 bridgehead atoms. The van der Waals surface area contributed by atoms with Gasteiger partial charge in [-0.25, -0.2) is 4.39 Å². The molecule has 100 valence electrons. The van der Waals surface area contributed by atoms with Crippen molar-refractivity contribution in [1.82, 2.24) is 4.90 Å². The first-order valence-electron chi connectivity index (χ1n) is 6.74. The number of benzene rings is 1. The molecule has 0 aliphatic carbocycles. The molecule has 2 rings (SSSR count). The quantitative estimate of drug-likeness (QED) is 0.893. The monoisotopic (exact) mass is 250 g/mol. The number of halogens is 1. The van der Waals surface area contributed by atoms with Crippen LogP contribution in [-0.2, 0) is 0 Å². The molecule has 0 spiro atoms. The van der Waals surface area contributed by atoms with Crippen molar-refractivity contribution in [3.63, 3.8) is 0 Å². The highest BCUT2D eigenvalue weighted by Crippen LogP contribution is 2.32. The van der Waals surface area contributed by atoms with Crippen molar-refractivity contribution in [2.45, 2.75) is 39.3 Å². The lowest BCUT2D eigenvalue weighted by Crippen LogP contribution is -2.34. The van der Waals surface area contributed by atoms with E-state index in [4.69, 9.17) is 5.73 Å². The van der Waals surface area contributed by atoms with E-state index in [2.05, 4.69) is 18.7 Å². The van der Waals surface area contributed by atoms with Crippen LogP contribution in [0.3, 0.4) is 0 Å². The molecule has 2 N–H and O–H groups in total. The minimum atomic E-state index is -0.129. The van der Waals surface area contributed by atoms with E-state index in [1.807, 2.05) is 12.1 Å². The van der Waals surface area contributed by atoms with Gasteiger partial charge in [-0.05, 0) is 36.5 Å². The molecule has 1 heterocycles. The van der Waals surface area contributed by atoms with Crippen molar-refractivity contribution in [1.29, 1.82) is 0 Å². The highest BCUT2D eigenvalue weighted by Gasteiger charge is 2.33. The van der Waals surface area contributed by atoms with Crippen LogP contribution >= 0.6 is 0 Å². The molecule has 3 heteroatoms. The summed E-state index contributed by atoms with van der Waals surface area (Å²) in [5.41, 5.74) is 7.91. The fourth-order valence-electron chi connectivity index (χ4n) is 2.81. The zero-order valence-corrected chi connectivity index (χ0v) is 11.5. The highest BCUT2D eigenvalue weighted by molar-refractivity contribution is 5.27. The van der Waals surface area contributed by atoms with Crippen LogP contribution in [0.15, 0.2) is 18.2 Å². The molecular formula is C15H23FN2. The van der Waals surface area contributed by atoms with Gasteiger partial charge in [0.1, 0.15) is 5.82 Å². The van der Waals surface area contributed by atoms with E-state index in [0.717, 1.165) is 25.1 Å². The lowest BCUT2D eigenvalue weighted by Gasteiger charge is -2.28. The second-order valence-electron chi connectivity index (χ2n) is 5.79. The number of nitrogens with zero attached hydrogens (tertiary/aromatic N) is 1. The van der Waals surface area contributed by atoms with Crippen LogP contribution in [-0.4, -0.2) is 24.0 Å². The molecule has 1 aliphatic heterocycles. The summed E-state index contributed by atoms with van der Waals surface area (Å²) in [6.07, 6.45) is 0.993. The summed E-state index contributed by atoms with van der Waals surface area (Å²) in [4.78, 5) is 2.39. The lowest BCUT2D eigenvalue weighted by atomic mass is 9.99. The third kappa shape index (κ3) is 2.73. The summed E-state index contributed by atoms with van der Waals surface area (Å²) < 4.78 is 13.7. The normalized spacial score (nSPS) is 25.0.